The van der Waals surface area contributed by atoms with Gasteiger partial charge in [0.25, 0.3) is 0 Å². The van der Waals surface area contributed by atoms with Gasteiger partial charge in [-0.25, -0.2) is 0 Å². The second-order valence-corrected chi connectivity index (χ2v) is 8.76. The quantitative estimate of drug-likeness (QED) is 0.758. The van der Waals surface area contributed by atoms with Crippen LogP contribution in [0.1, 0.15) is 61.7 Å². The van der Waals surface area contributed by atoms with Crippen molar-refractivity contribution in [3.05, 3.63) is 57.3 Å². The molecule has 1 aromatic heterocycles. The summed E-state index contributed by atoms with van der Waals surface area (Å²) in [5.41, 5.74) is 4.11. The molecule has 2 nitrogen and oxygen atoms in total. The fourth-order valence-corrected chi connectivity index (χ4v) is 4.38. The van der Waals surface area contributed by atoms with Crippen LogP contribution in [0.4, 0.5) is 0 Å². The minimum Gasteiger partial charge on any atom is -0.336 e. The van der Waals surface area contributed by atoms with Gasteiger partial charge < -0.3 is 4.90 Å². The zero-order valence-corrected chi connectivity index (χ0v) is 16.0. The summed E-state index contributed by atoms with van der Waals surface area (Å²) < 4.78 is 0. The lowest BCUT2D eigenvalue weighted by atomic mass is 9.86. The standard InChI is InChI=1S/C21H27NOS/c1-15-18-12-14-24-19(18)11-13-22(15)20(23)10-7-16-5-8-17(9-6-16)21(2,3)4/h5-6,8-9,12,14-15H,7,10-11,13H2,1-4H3. The van der Waals surface area contributed by atoms with Crippen molar-refractivity contribution >= 4 is 17.2 Å². The third-order valence-electron chi connectivity index (χ3n) is 5.05. The average molecular weight is 342 g/mol. The Kier molecular flexibility index (Phi) is 4.82. The third-order valence-corrected chi connectivity index (χ3v) is 6.04. The molecule has 0 saturated carbocycles. The van der Waals surface area contributed by atoms with Crippen LogP contribution in [-0.4, -0.2) is 17.4 Å². The molecule has 24 heavy (non-hydrogen) atoms. The number of carbonyl (C=O) groups is 1. The Labute approximate surface area is 149 Å². The van der Waals surface area contributed by atoms with Gasteiger partial charge in [0.2, 0.25) is 5.91 Å². The number of benzene rings is 1. The van der Waals surface area contributed by atoms with Crippen LogP contribution < -0.4 is 0 Å². The van der Waals surface area contributed by atoms with Crippen molar-refractivity contribution in [1.29, 1.82) is 0 Å². The van der Waals surface area contributed by atoms with Crippen LogP contribution in [-0.2, 0) is 23.1 Å². The highest BCUT2D eigenvalue weighted by Crippen LogP contribution is 2.33. The number of aryl methyl sites for hydroxylation is 1. The van der Waals surface area contributed by atoms with E-state index < -0.39 is 0 Å². The molecule has 1 atom stereocenters. The second kappa shape index (κ2) is 6.72. The number of hydrogen-bond donors (Lipinski definition) is 0. The normalized spacial score (nSPS) is 17.7. The van der Waals surface area contributed by atoms with E-state index in [4.69, 9.17) is 0 Å². The molecule has 1 aromatic carbocycles. The van der Waals surface area contributed by atoms with Crippen molar-refractivity contribution in [1.82, 2.24) is 4.90 Å². The molecule has 2 heterocycles. The number of rotatable bonds is 3. The number of nitrogens with zero attached hydrogens (tertiary/aromatic N) is 1. The molecule has 2 aromatic rings. The molecule has 0 spiro atoms. The van der Waals surface area contributed by atoms with E-state index in [1.165, 1.54) is 21.6 Å². The molecule has 0 aliphatic carbocycles. The molecule has 1 unspecified atom stereocenters. The summed E-state index contributed by atoms with van der Waals surface area (Å²) in [5, 5.41) is 2.14. The van der Waals surface area contributed by atoms with Crippen LogP contribution in [0.2, 0.25) is 0 Å². The van der Waals surface area contributed by atoms with E-state index in [0.717, 1.165) is 19.4 Å². The number of thiophene rings is 1. The molecular formula is C21H27NOS. The fraction of sp³-hybridized carbons (Fsp3) is 0.476. The lowest BCUT2D eigenvalue weighted by Crippen LogP contribution is -2.38. The molecule has 3 rings (SSSR count). The Morgan fingerprint density at radius 3 is 2.58 bits per heavy atom. The summed E-state index contributed by atoms with van der Waals surface area (Å²) in [7, 11) is 0. The molecule has 128 valence electrons. The molecule has 0 N–H and O–H groups in total. The van der Waals surface area contributed by atoms with Gasteiger partial charge in [-0.3, -0.25) is 4.79 Å². The molecule has 0 bridgehead atoms. The predicted octanol–water partition coefficient (Wildman–Crippen LogP) is 5.12. The van der Waals surface area contributed by atoms with Gasteiger partial charge in [0.05, 0.1) is 6.04 Å². The fourth-order valence-electron chi connectivity index (χ4n) is 3.42. The first-order valence-corrected chi connectivity index (χ1v) is 9.69. The van der Waals surface area contributed by atoms with Gasteiger partial charge in [0.15, 0.2) is 0 Å². The van der Waals surface area contributed by atoms with Gasteiger partial charge in [-0.2, -0.15) is 0 Å². The lowest BCUT2D eigenvalue weighted by Gasteiger charge is -2.33. The maximum absolute atomic E-state index is 12.7. The monoisotopic (exact) mass is 341 g/mol. The van der Waals surface area contributed by atoms with E-state index in [2.05, 4.69) is 68.3 Å². The first-order valence-electron chi connectivity index (χ1n) is 8.81. The first kappa shape index (κ1) is 17.2. The van der Waals surface area contributed by atoms with Gasteiger partial charge in [-0.1, -0.05) is 45.0 Å². The van der Waals surface area contributed by atoms with Gasteiger partial charge in [-0.15, -0.1) is 11.3 Å². The molecule has 1 amide bonds. The summed E-state index contributed by atoms with van der Waals surface area (Å²) in [6.45, 7) is 9.68. The van der Waals surface area contributed by atoms with E-state index in [9.17, 15) is 4.79 Å². The minimum atomic E-state index is 0.176. The van der Waals surface area contributed by atoms with Gasteiger partial charge in [0, 0.05) is 17.8 Å². The Morgan fingerprint density at radius 1 is 1.21 bits per heavy atom. The van der Waals surface area contributed by atoms with E-state index >= 15 is 0 Å². The summed E-state index contributed by atoms with van der Waals surface area (Å²) in [5.74, 6) is 0.277. The molecule has 0 fully saturated rings. The summed E-state index contributed by atoms with van der Waals surface area (Å²) in [4.78, 5) is 16.2. The Bertz CT molecular complexity index is 708. The SMILES string of the molecule is CC1c2ccsc2CCN1C(=O)CCc1ccc(C(C)(C)C)cc1. The Morgan fingerprint density at radius 2 is 1.92 bits per heavy atom. The van der Waals surface area contributed by atoms with E-state index in [1.54, 1.807) is 0 Å². The van der Waals surface area contributed by atoms with Crippen molar-refractivity contribution in [2.45, 2.75) is 58.4 Å². The van der Waals surface area contributed by atoms with Crippen molar-refractivity contribution in [2.24, 2.45) is 0 Å². The molecule has 0 saturated heterocycles. The van der Waals surface area contributed by atoms with Crippen molar-refractivity contribution < 1.29 is 4.79 Å². The lowest BCUT2D eigenvalue weighted by molar-refractivity contribution is -0.133. The number of hydrogen-bond acceptors (Lipinski definition) is 2. The Hall–Kier alpha value is -1.61. The number of carbonyl (C=O) groups excluding carboxylic acids is 1. The molecule has 3 heteroatoms. The second-order valence-electron chi connectivity index (χ2n) is 7.76. The minimum absolute atomic E-state index is 0.176. The van der Waals surface area contributed by atoms with Crippen LogP contribution in [0.25, 0.3) is 0 Å². The van der Waals surface area contributed by atoms with Crippen molar-refractivity contribution in [3.63, 3.8) is 0 Å². The largest absolute Gasteiger partial charge is 0.336 e. The highest BCUT2D eigenvalue weighted by atomic mass is 32.1. The van der Waals surface area contributed by atoms with Crippen LogP contribution in [0.3, 0.4) is 0 Å². The van der Waals surface area contributed by atoms with Crippen LogP contribution in [0.15, 0.2) is 35.7 Å². The topological polar surface area (TPSA) is 20.3 Å². The molecular weight excluding hydrogens is 314 g/mol. The summed E-state index contributed by atoms with van der Waals surface area (Å²) in [6, 6.07) is 11.1. The zero-order valence-electron chi connectivity index (χ0n) is 15.1. The van der Waals surface area contributed by atoms with Gasteiger partial charge >= 0.3 is 0 Å². The van der Waals surface area contributed by atoms with E-state index in [-0.39, 0.29) is 17.4 Å². The highest BCUT2D eigenvalue weighted by molar-refractivity contribution is 7.10. The maximum Gasteiger partial charge on any atom is 0.223 e. The Balaban J connectivity index is 1.60. The number of amides is 1. The number of fused-ring (bicyclic) bond motifs is 1. The van der Waals surface area contributed by atoms with Crippen LogP contribution >= 0.6 is 11.3 Å². The van der Waals surface area contributed by atoms with E-state index in [0.29, 0.717) is 6.42 Å². The molecule has 0 radical (unpaired) electrons. The smallest absolute Gasteiger partial charge is 0.223 e. The van der Waals surface area contributed by atoms with Gasteiger partial charge in [-0.05, 0) is 53.3 Å². The summed E-state index contributed by atoms with van der Waals surface area (Å²) in [6.07, 6.45) is 2.42. The van der Waals surface area contributed by atoms with Crippen molar-refractivity contribution in [2.75, 3.05) is 6.54 Å². The average Bonchev–Trinajstić information content (AvgIpc) is 3.02. The summed E-state index contributed by atoms with van der Waals surface area (Å²) >= 11 is 1.82. The van der Waals surface area contributed by atoms with E-state index in [1.807, 2.05) is 11.3 Å². The zero-order chi connectivity index (χ0) is 17.3. The highest BCUT2D eigenvalue weighted by Gasteiger charge is 2.27. The van der Waals surface area contributed by atoms with Crippen LogP contribution in [0, 0.1) is 0 Å². The predicted molar refractivity (Wildman–Crippen MR) is 102 cm³/mol. The van der Waals surface area contributed by atoms with Gasteiger partial charge in [0.1, 0.15) is 0 Å². The first-order chi connectivity index (χ1) is 11.4. The molecule has 1 aliphatic heterocycles. The maximum atomic E-state index is 12.7. The van der Waals surface area contributed by atoms with Crippen molar-refractivity contribution in [3.8, 4) is 0 Å². The van der Waals surface area contributed by atoms with Crippen LogP contribution in [0.5, 0.6) is 0 Å². The molecule has 1 aliphatic rings. The third kappa shape index (κ3) is 3.56.